The zero-order chi connectivity index (χ0) is 19.1. The molecule has 5 heteroatoms. The molecular formula is C21H27N3O2. The molecule has 1 aromatic heterocycles. The fraction of sp³-hybridized carbons (Fsp3) is 0.381. The predicted octanol–water partition coefficient (Wildman–Crippen LogP) is 4.33. The Hall–Kier alpha value is -2.69. The molecule has 0 fully saturated rings. The number of carbonyl (C=O) groups excluding carboxylic acids is 2. The molecule has 0 aliphatic heterocycles. The van der Waals surface area contributed by atoms with E-state index in [4.69, 9.17) is 0 Å². The van der Waals surface area contributed by atoms with Gasteiger partial charge in [0.1, 0.15) is 11.4 Å². The van der Waals surface area contributed by atoms with Crippen molar-refractivity contribution >= 4 is 17.5 Å². The number of aromatic nitrogens is 1. The Balaban J connectivity index is 2.17. The van der Waals surface area contributed by atoms with Crippen molar-refractivity contribution in [3.63, 3.8) is 0 Å². The summed E-state index contributed by atoms with van der Waals surface area (Å²) in [5.41, 5.74) is 2.35. The van der Waals surface area contributed by atoms with Gasteiger partial charge in [-0.1, -0.05) is 51.5 Å². The summed E-state index contributed by atoms with van der Waals surface area (Å²) in [5, 5.41) is 2.91. The van der Waals surface area contributed by atoms with E-state index in [1.54, 1.807) is 30.1 Å². The average molecular weight is 353 g/mol. The van der Waals surface area contributed by atoms with Crippen LogP contribution in [-0.2, 0) is 0 Å². The smallest absolute Gasteiger partial charge is 0.274 e. The molecule has 26 heavy (non-hydrogen) atoms. The van der Waals surface area contributed by atoms with Crippen LogP contribution in [0.5, 0.6) is 0 Å². The van der Waals surface area contributed by atoms with Gasteiger partial charge in [0, 0.05) is 19.3 Å². The van der Waals surface area contributed by atoms with Crippen molar-refractivity contribution in [3.05, 3.63) is 59.4 Å². The molecule has 0 saturated heterocycles. The minimum atomic E-state index is -0.316. The van der Waals surface area contributed by atoms with Gasteiger partial charge < -0.3 is 10.2 Å². The van der Waals surface area contributed by atoms with E-state index < -0.39 is 0 Å². The number of benzene rings is 1. The average Bonchev–Trinajstić information content (AvgIpc) is 2.65. The summed E-state index contributed by atoms with van der Waals surface area (Å²) in [6, 6.07) is 12.7. The van der Waals surface area contributed by atoms with Gasteiger partial charge >= 0.3 is 0 Å². The van der Waals surface area contributed by atoms with E-state index in [0.29, 0.717) is 12.5 Å². The van der Waals surface area contributed by atoms with Crippen molar-refractivity contribution in [1.29, 1.82) is 0 Å². The van der Waals surface area contributed by atoms with Crippen molar-refractivity contribution in [3.8, 4) is 0 Å². The molecule has 0 radical (unpaired) electrons. The molecule has 5 nitrogen and oxygen atoms in total. The molecule has 0 saturated carbocycles. The van der Waals surface area contributed by atoms with Gasteiger partial charge in [-0.05, 0) is 36.1 Å². The highest BCUT2D eigenvalue weighted by Gasteiger charge is 2.16. The van der Waals surface area contributed by atoms with Crippen LogP contribution in [0.2, 0.25) is 0 Å². The number of para-hydroxylation sites is 1. The predicted molar refractivity (Wildman–Crippen MR) is 105 cm³/mol. The maximum Gasteiger partial charge on any atom is 0.274 e. The van der Waals surface area contributed by atoms with E-state index >= 15 is 0 Å². The number of carbonyl (C=O) groups is 2. The molecule has 2 amide bonds. The lowest BCUT2D eigenvalue weighted by Crippen LogP contribution is -2.29. The number of hydrogen-bond donors (Lipinski definition) is 1. The van der Waals surface area contributed by atoms with Crippen molar-refractivity contribution in [2.75, 3.05) is 18.9 Å². The summed E-state index contributed by atoms with van der Waals surface area (Å²) in [4.78, 5) is 31.0. The van der Waals surface area contributed by atoms with E-state index in [0.717, 1.165) is 24.1 Å². The maximum absolute atomic E-state index is 12.6. The van der Waals surface area contributed by atoms with Crippen LogP contribution in [0.15, 0.2) is 42.5 Å². The standard InChI is InChI=1S/C21H27N3O2/c1-5-6-14-24(4)21(26)19-13-9-12-18(22-19)20(25)23-17-11-8-7-10-16(17)15(2)3/h7-13,15H,5-6,14H2,1-4H3,(H,23,25). The number of unbranched alkanes of at least 4 members (excludes halogenated alkanes) is 1. The summed E-state index contributed by atoms with van der Waals surface area (Å²) in [6.45, 7) is 6.91. The van der Waals surface area contributed by atoms with Gasteiger partial charge in [0.05, 0.1) is 0 Å². The summed E-state index contributed by atoms with van der Waals surface area (Å²) < 4.78 is 0. The van der Waals surface area contributed by atoms with Crippen molar-refractivity contribution in [2.24, 2.45) is 0 Å². The lowest BCUT2D eigenvalue weighted by atomic mass is 10.0. The second-order valence-electron chi connectivity index (χ2n) is 6.68. The van der Waals surface area contributed by atoms with Crippen LogP contribution in [0.1, 0.15) is 66.1 Å². The van der Waals surface area contributed by atoms with Crippen LogP contribution < -0.4 is 5.32 Å². The first kappa shape index (κ1) is 19.6. The molecule has 2 rings (SSSR count). The lowest BCUT2D eigenvalue weighted by Gasteiger charge is -2.16. The molecule has 138 valence electrons. The van der Waals surface area contributed by atoms with Gasteiger partial charge in [0.15, 0.2) is 0 Å². The zero-order valence-electron chi connectivity index (χ0n) is 16.0. The van der Waals surface area contributed by atoms with Crippen LogP contribution in [0.3, 0.4) is 0 Å². The minimum Gasteiger partial charge on any atom is -0.340 e. The number of amides is 2. The molecule has 0 aliphatic rings. The molecule has 0 unspecified atom stereocenters. The lowest BCUT2D eigenvalue weighted by molar-refractivity contribution is 0.0787. The second-order valence-corrected chi connectivity index (χ2v) is 6.68. The quantitative estimate of drug-likeness (QED) is 0.806. The van der Waals surface area contributed by atoms with Crippen molar-refractivity contribution < 1.29 is 9.59 Å². The Morgan fingerprint density at radius 1 is 1.08 bits per heavy atom. The molecule has 1 aromatic carbocycles. The minimum absolute atomic E-state index is 0.171. The number of pyridine rings is 1. The van der Waals surface area contributed by atoms with Crippen LogP contribution >= 0.6 is 0 Å². The second kappa shape index (κ2) is 9.13. The van der Waals surface area contributed by atoms with E-state index in [-0.39, 0.29) is 23.2 Å². The number of rotatable bonds is 7. The fourth-order valence-electron chi connectivity index (χ4n) is 2.67. The third-order valence-electron chi connectivity index (χ3n) is 4.23. The van der Waals surface area contributed by atoms with Gasteiger partial charge in [-0.3, -0.25) is 9.59 Å². The monoisotopic (exact) mass is 353 g/mol. The van der Waals surface area contributed by atoms with Crippen LogP contribution in [0.25, 0.3) is 0 Å². The van der Waals surface area contributed by atoms with E-state index in [1.807, 2.05) is 24.3 Å². The highest BCUT2D eigenvalue weighted by atomic mass is 16.2. The highest BCUT2D eigenvalue weighted by molar-refractivity contribution is 6.04. The highest BCUT2D eigenvalue weighted by Crippen LogP contribution is 2.24. The zero-order valence-corrected chi connectivity index (χ0v) is 16.0. The van der Waals surface area contributed by atoms with E-state index in [9.17, 15) is 9.59 Å². The molecule has 1 heterocycles. The summed E-state index contributed by atoms with van der Waals surface area (Å²) >= 11 is 0. The van der Waals surface area contributed by atoms with Crippen LogP contribution in [0.4, 0.5) is 5.69 Å². The summed E-state index contributed by atoms with van der Waals surface area (Å²) in [5.74, 6) is -0.195. The van der Waals surface area contributed by atoms with Crippen LogP contribution in [-0.4, -0.2) is 35.3 Å². The van der Waals surface area contributed by atoms with Crippen molar-refractivity contribution in [1.82, 2.24) is 9.88 Å². The topological polar surface area (TPSA) is 62.3 Å². The first-order valence-electron chi connectivity index (χ1n) is 9.06. The third-order valence-corrected chi connectivity index (χ3v) is 4.23. The molecular weight excluding hydrogens is 326 g/mol. The van der Waals surface area contributed by atoms with Gasteiger partial charge in [0.2, 0.25) is 0 Å². The van der Waals surface area contributed by atoms with E-state index in [2.05, 4.69) is 31.1 Å². The number of nitrogens with zero attached hydrogens (tertiary/aromatic N) is 2. The van der Waals surface area contributed by atoms with E-state index in [1.165, 1.54) is 0 Å². The Morgan fingerprint density at radius 3 is 2.46 bits per heavy atom. The molecule has 0 atom stereocenters. The summed E-state index contributed by atoms with van der Waals surface area (Å²) in [7, 11) is 1.76. The fourth-order valence-corrected chi connectivity index (χ4v) is 2.67. The Morgan fingerprint density at radius 2 is 1.77 bits per heavy atom. The molecule has 0 spiro atoms. The normalized spacial score (nSPS) is 10.7. The largest absolute Gasteiger partial charge is 0.340 e. The van der Waals surface area contributed by atoms with Gasteiger partial charge in [-0.25, -0.2) is 4.98 Å². The third kappa shape index (κ3) is 4.91. The first-order chi connectivity index (χ1) is 12.4. The Labute approximate surface area is 155 Å². The number of nitrogens with one attached hydrogen (secondary N) is 1. The molecule has 1 N–H and O–H groups in total. The van der Waals surface area contributed by atoms with Gasteiger partial charge in [-0.2, -0.15) is 0 Å². The molecule has 2 aromatic rings. The Bertz CT molecular complexity index is 771. The maximum atomic E-state index is 12.6. The van der Waals surface area contributed by atoms with Gasteiger partial charge in [-0.15, -0.1) is 0 Å². The first-order valence-corrected chi connectivity index (χ1v) is 9.06. The van der Waals surface area contributed by atoms with Crippen molar-refractivity contribution in [2.45, 2.75) is 39.5 Å². The van der Waals surface area contributed by atoms with Crippen LogP contribution in [0, 0.1) is 0 Å². The number of anilines is 1. The molecule has 0 aliphatic carbocycles. The van der Waals surface area contributed by atoms with Gasteiger partial charge in [0.25, 0.3) is 11.8 Å². The number of hydrogen-bond acceptors (Lipinski definition) is 3. The summed E-state index contributed by atoms with van der Waals surface area (Å²) in [6.07, 6.45) is 1.96. The SMILES string of the molecule is CCCCN(C)C(=O)c1cccc(C(=O)Nc2ccccc2C(C)C)n1. The Kier molecular flexibility index (Phi) is 6.89. The molecule has 0 bridgehead atoms.